The van der Waals surface area contributed by atoms with Gasteiger partial charge in [-0.05, 0) is 93.0 Å². The van der Waals surface area contributed by atoms with Crippen LogP contribution >= 0.6 is 70.6 Å². The summed E-state index contributed by atoms with van der Waals surface area (Å²) in [5.74, 6) is 0. The molecule has 61 heavy (non-hydrogen) atoms. The molecular formula is C49H54I4N6S2. The van der Waals surface area contributed by atoms with Crippen molar-refractivity contribution in [2.75, 3.05) is 49.1 Å². The summed E-state index contributed by atoms with van der Waals surface area (Å²) in [6.07, 6.45) is 25.5. The summed E-state index contributed by atoms with van der Waals surface area (Å²) in [6, 6.07) is 34.7. The maximum atomic E-state index is 6.00. The molecule has 2 N–H and O–H groups in total. The third-order valence-electron chi connectivity index (χ3n) is 10.9. The van der Waals surface area contributed by atoms with Crippen molar-refractivity contribution in [3.8, 4) is 0 Å². The third-order valence-corrected chi connectivity index (χ3v) is 13.3. The highest BCUT2D eigenvalue weighted by molar-refractivity contribution is 14.0. The molecule has 320 valence electrons. The van der Waals surface area contributed by atoms with Gasteiger partial charge in [0, 0.05) is 72.3 Å². The van der Waals surface area contributed by atoms with Crippen LogP contribution in [0.3, 0.4) is 0 Å². The predicted molar refractivity (Wildman–Crippen MR) is 276 cm³/mol. The number of benzene rings is 4. The summed E-state index contributed by atoms with van der Waals surface area (Å²) in [7, 11) is 4.28. The highest BCUT2D eigenvalue weighted by Crippen LogP contribution is 2.34. The smallest absolute Gasteiger partial charge is 0.262 e. The van der Waals surface area contributed by atoms with Gasteiger partial charge in [-0.25, -0.2) is 0 Å². The van der Waals surface area contributed by atoms with Gasteiger partial charge in [-0.2, -0.15) is 9.13 Å². The van der Waals surface area contributed by atoms with Crippen LogP contribution in [-0.2, 0) is 14.1 Å². The Kier molecular flexibility index (Phi) is 21.1. The Morgan fingerprint density at radius 1 is 0.574 bits per heavy atom. The van der Waals surface area contributed by atoms with Crippen molar-refractivity contribution < 1.29 is 57.1 Å². The molecule has 2 aromatic heterocycles. The van der Waals surface area contributed by atoms with E-state index in [4.69, 9.17) is 5.73 Å². The highest BCUT2D eigenvalue weighted by atomic mass is 127. The van der Waals surface area contributed by atoms with Crippen molar-refractivity contribution >= 4 is 126 Å². The summed E-state index contributed by atoms with van der Waals surface area (Å²) < 4.78 is 7.15. The standard InChI is InChI=1S/C49H52N6S2.4HI/c1-51-44-22-7-9-24-46(44)56-48(51)26-11-16-38-28-36-54(42-20-5-3-18-40(38)42)34-14-32-53(31-13-30-50)33-15-35-55-37-29-39(41-19-4-6-21-43(41)55)17-12-27-49-52(2)45-23-8-10-25-47(45)57-49;;;;/h3-12,16-29,36-37H,13-15,30-35,50H2,1-2H3;4*1H/q+2;;;;/p-2. The number of fused-ring (bicyclic) bond motifs is 4. The van der Waals surface area contributed by atoms with E-state index in [0.29, 0.717) is 0 Å². The van der Waals surface area contributed by atoms with Crippen LogP contribution in [0.1, 0.15) is 40.4 Å². The van der Waals surface area contributed by atoms with E-state index in [9.17, 15) is 0 Å². The number of allylic oxidation sites excluding steroid dienone is 8. The summed E-state index contributed by atoms with van der Waals surface area (Å²) >= 11 is 3.65. The molecule has 0 saturated heterocycles. The molecule has 0 bridgehead atoms. The number of thiazole rings is 2. The largest absolute Gasteiger partial charge is 1.00 e. The Hall–Kier alpha value is -2.46. The van der Waals surface area contributed by atoms with Gasteiger partial charge in [0.2, 0.25) is 11.0 Å². The molecule has 0 aliphatic carbocycles. The molecule has 2 aliphatic heterocycles. The maximum Gasteiger partial charge on any atom is 0.262 e. The van der Waals surface area contributed by atoms with Crippen molar-refractivity contribution in [2.45, 2.75) is 19.3 Å². The Bertz CT molecular complexity index is 2380. The van der Waals surface area contributed by atoms with Crippen LogP contribution in [-0.4, -0.2) is 44.2 Å². The van der Waals surface area contributed by atoms with Crippen molar-refractivity contribution in [1.29, 1.82) is 0 Å². The predicted octanol–water partition coefficient (Wildman–Crippen LogP) is 5.00. The fraction of sp³-hybridized carbons (Fsp3) is 0.224. The second-order valence-electron chi connectivity index (χ2n) is 14.6. The van der Waals surface area contributed by atoms with E-state index in [0.717, 1.165) is 58.5 Å². The van der Waals surface area contributed by atoms with Gasteiger partial charge in [-0.1, -0.05) is 108 Å². The van der Waals surface area contributed by atoms with Crippen LogP contribution in [0.25, 0.3) is 43.7 Å². The zero-order valence-electron chi connectivity index (χ0n) is 34.6. The summed E-state index contributed by atoms with van der Waals surface area (Å²) in [5, 5.41) is 2.48. The van der Waals surface area contributed by atoms with Crippen molar-refractivity contribution in [1.82, 2.24) is 4.90 Å². The number of anilines is 2. The Morgan fingerprint density at radius 2 is 0.984 bits per heavy atom. The van der Waals surface area contributed by atoms with E-state index in [2.05, 4.69) is 196 Å². The van der Waals surface area contributed by atoms with Gasteiger partial charge in [0.05, 0.1) is 0 Å². The molecule has 0 fully saturated rings. The lowest BCUT2D eigenvalue weighted by molar-refractivity contribution is -0.642. The summed E-state index contributed by atoms with van der Waals surface area (Å²) in [6.45, 7) is 5.79. The van der Waals surface area contributed by atoms with E-state index in [1.807, 2.05) is 22.7 Å². The van der Waals surface area contributed by atoms with E-state index in [-0.39, 0.29) is 95.9 Å². The zero-order chi connectivity index (χ0) is 39.0. The second-order valence-corrected chi connectivity index (χ2v) is 16.8. The fourth-order valence-electron chi connectivity index (χ4n) is 7.88. The molecule has 4 heterocycles. The lowest BCUT2D eigenvalue weighted by Gasteiger charge is -2.30. The summed E-state index contributed by atoms with van der Waals surface area (Å²) in [4.78, 5) is 7.45. The van der Waals surface area contributed by atoms with Crippen LogP contribution in [0.15, 0.2) is 146 Å². The molecule has 6 aromatic rings. The number of aryl methyl sites for hydroxylation is 2. The highest BCUT2D eigenvalue weighted by Gasteiger charge is 2.19. The SMILES string of the molecule is C[n+]1c(C=CC=C2C=CN(CCCN(CCCN)CCCN3C=CC(=CC=Cc4sc5ccccc5[n+]4C)c4ccccc43)c3ccccc32)sc2ccccc21.I.I.[I-].[I-]. The monoisotopic (exact) mass is 1300 g/mol. The molecule has 0 amide bonds. The van der Waals surface area contributed by atoms with E-state index < -0.39 is 0 Å². The zero-order valence-corrected chi connectivity index (χ0v) is 45.2. The lowest BCUT2D eigenvalue weighted by atomic mass is 9.99. The van der Waals surface area contributed by atoms with Crippen molar-refractivity contribution in [3.05, 3.63) is 167 Å². The molecule has 0 spiro atoms. The van der Waals surface area contributed by atoms with Crippen molar-refractivity contribution in [2.24, 2.45) is 19.8 Å². The molecule has 12 heteroatoms. The van der Waals surface area contributed by atoms with Gasteiger partial charge < -0.3 is 68.4 Å². The summed E-state index contributed by atoms with van der Waals surface area (Å²) in [5.41, 5.74) is 16.1. The normalized spacial score (nSPS) is 14.4. The number of halogens is 4. The number of aromatic nitrogens is 2. The quantitative estimate of drug-likeness (QED) is 0.116. The van der Waals surface area contributed by atoms with E-state index in [1.165, 1.54) is 64.1 Å². The van der Waals surface area contributed by atoms with E-state index >= 15 is 0 Å². The van der Waals surface area contributed by atoms with Crippen LogP contribution < -0.4 is 72.6 Å². The van der Waals surface area contributed by atoms with Gasteiger partial charge in [-0.3, -0.25) is 0 Å². The van der Waals surface area contributed by atoms with Gasteiger partial charge in [0.25, 0.3) is 10.0 Å². The molecule has 8 rings (SSSR count). The lowest BCUT2D eigenvalue weighted by Crippen LogP contribution is -3.00. The minimum absolute atomic E-state index is 0. The van der Waals surface area contributed by atoms with Crippen LogP contribution in [0.5, 0.6) is 0 Å². The number of rotatable bonds is 15. The van der Waals surface area contributed by atoms with Gasteiger partial charge in [0.1, 0.15) is 23.5 Å². The van der Waals surface area contributed by atoms with Crippen LogP contribution in [0, 0.1) is 0 Å². The molecule has 4 aromatic carbocycles. The topological polar surface area (TPSA) is 43.5 Å². The van der Waals surface area contributed by atoms with Crippen molar-refractivity contribution in [3.63, 3.8) is 0 Å². The molecule has 0 atom stereocenters. The Balaban J connectivity index is 0.00000205. The van der Waals surface area contributed by atoms with Crippen LogP contribution in [0.2, 0.25) is 0 Å². The molecule has 0 unspecified atom stereocenters. The molecule has 2 aliphatic rings. The average molecular weight is 1300 g/mol. The minimum atomic E-state index is 0. The second kappa shape index (κ2) is 25.1. The first kappa shape index (κ1) is 51.2. The minimum Gasteiger partial charge on any atom is -1.00 e. The molecule has 6 nitrogen and oxygen atoms in total. The number of nitrogens with zero attached hydrogens (tertiary/aromatic N) is 5. The number of nitrogens with two attached hydrogens (primary N) is 1. The first-order chi connectivity index (χ1) is 28.1. The first-order valence-corrected chi connectivity index (χ1v) is 21.7. The fourth-order valence-corrected chi connectivity index (χ4v) is 10.0. The molecule has 0 saturated carbocycles. The third kappa shape index (κ3) is 12.4. The maximum absolute atomic E-state index is 6.00. The van der Waals surface area contributed by atoms with Crippen LogP contribution in [0.4, 0.5) is 11.4 Å². The Morgan fingerprint density at radius 3 is 1.43 bits per heavy atom. The van der Waals surface area contributed by atoms with Gasteiger partial charge in [0.15, 0.2) is 0 Å². The van der Waals surface area contributed by atoms with Gasteiger partial charge >= 0.3 is 0 Å². The number of hydrogen-bond donors (Lipinski definition) is 1. The van der Waals surface area contributed by atoms with Gasteiger partial charge in [-0.15, -0.1) is 48.0 Å². The average Bonchev–Trinajstić information content (AvgIpc) is 3.75. The first-order valence-electron chi connectivity index (χ1n) is 20.1. The molecular weight excluding hydrogens is 1240 g/mol. The number of hydrogen-bond acceptors (Lipinski definition) is 6. The molecule has 0 radical (unpaired) electrons. The number of para-hydroxylation sites is 4. The van der Waals surface area contributed by atoms with E-state index in [1.54, 1.807) is 0 Å². The Labute approximate surface area is 438 Å².